The number of nitro benzene ring substituents is 1. The van der Waals surface area contributed by atoms with Crippen LogP contribution in [0.25, 0.3) is 0 Å². The van der Waals surface area contributed by atoms with E-state index < -0.39 is 26.9 Å². The van der Waals surface area contributed by atoms with Crippen molar-refractivity contribution in [1.29, 1.82) is 0 Å². The van der Waals surface area contributed by atoms with Crippen molar-refractivity contribution in [3.63, 3.8) is 0 Å². The number of carbonyl (C=O) groups excluding carboxylic acids is 1. The molecule has 0 bridgehead atoms. The number of hydrogen-bond acceptors (Lipinski definition) is 5. The number of aryl methyl sites for hydroxylation is 3. The summed E-state index contributed by atoms with van der Waals surface area (Å²) in [6.07, 6.45) is 1.28. The molecular formula is C20H25N3O5S. The van der Waals surface area contributed by atoms with Gasteiger partial charge in [0.2, 0.25) is 15.9 Å². The van der Waals surface area contributed by atoms with Crippen molar-refractivity contribution >= 4 is 33.0 Å². The summed E-state index contributed by atoms with van der Waals surface area (Å²) in [7, 11) is -3.77. The maximum atomic E-state index is 13.0. The molecule has 9 heteroatoms. The largest absolute Gasteiger partial charge is 0.324 e. The molecule has 0 aliphatic carbocycles. The van der Waals surface area contributed by atoms with Crippen molar-refractivity contribution < 1.29 is 18.1 Å². The van der Waals surface area contributed by atoms with E-state index in [4.69, 9.17) is 0 Å². The number of non-ortho nitro benzene ring substituents is 1. The number of hydrogen-bond donors (Lipinski definition) is 1. The smallest absolute Gasteiger partial charge is 0.271 e. The van der Waals surface area contributed by atoms with E-state index in [1.807, 2.05) is 19.9 Å². The third-order valence-electron chi connectivity index (χ3n) is 4.48. The summed E-state index contributed by atoms with van der Waals surface area (Å²) >= 11 is 0. The van der Waals surface area contributed by atoms with Gasteiger partial charge in [0.15, 0.2) is 0 Å². The first-order valence-electron chi connectivity index (χ1n) is 9.07. The average Bonchev–Trinajstić information content (AvgIpc) is 2.58. The molecule has 2 aromatic rings. The fourth-order valence-electron chi connectivity index (χ4n) is 3.21. The number of nitro groups is 1. The van der Waals surface area contributed by atoms with Crippen LogP contribution in [-0.4, -0.2) is 31.5 Å². The molecule has 0 aliphatic heterocycles. The normalized spacial score (nSPS) is 12.3. The Morgan fingerprint density at radius 1 is 1.14 bits per heavy atom. The number of rotatable bonds is 7. The van der Waals surface area contributed by atoms with E-state index in [0.717, 1.165) is 21.7 Å². The molecule has 0 saturated carbocycles. The highest BCUT2D eigenvalue weighted by Crippen LogP contribution is 2.27. The quantitative estimate of drug-likeness (QED) is 0.543. The molecule has 0 radical (unpaired) electrons. The first-order valence-corrected chi connectivity index (χ1v) is 10.9. The standard InChI is InChI=1S/C20H25N3O5S/c1-6-19(20(24)21-18-12-16(23(25)26)8-7-15(18)4)22(29(5,27)28)17-10-13(2)9-14(3)11-17/h7-12,19H,6H2,1-5H3,(H,21,24). The van der Waals surface area contributed by atoms with Crippen LogP contribution < -0.4 is 9.62 Å². The zero-order chi connectivity index (χ0) is 21.9. The molecule has 0 fully saturated rings. The molecule has 2 rings (SSSR count). The van der Waals surface area contributed by atoms with Crippen LogP contribution >= 0.6 is 0 Å². The summed E-state index contributed by atoms with van der Waals surface area (Å²) in [6, 6.07) is 8.47. The second kappa shape index (κ2) is 8.60. The number of anilines is 2. The molecule has 1 N–H and O–H groups in total. The van der Waals surface area contributed by atoms with Crippen molar-refractivity contribution in [1.82, 2.24) is 0 Å². The molecule has 0 aromatic heterocycles. The summed E-state index contributed by atoms with van der Waals surface area (Å²) in [5.41, 5.74) is 2.90. The van der Waals surface area contributed by atoms with Crippen molar-refractivity contribution in [2.24, 2.45) is 0 Å². The molecular weight excluding hydrogens is 394 g/mol. The van der Waals surface area contributed by atoms with Gasteiger partial charge in [0.1, 0.15) is 6.04 Å². The molecule has 8 nitrogen and oxygen atoms in total. The van der Waals surface area contributed by atoms with Gasteiger partial charge in [0.25, 0.3) is 5.69 Å². The van der Waals surface area contributed by atoms with E-state index >= 15 is 0 Å². The Morgan fingerprint density at radius 2 is 1.72 bits per heavy atom. The number of carbonyl (C=O) groups is 1. The lowest BCUT2D eigenvalue weighted by atomic mass is 10.1. The highest BCUT2D eigenvalue weighted by molar-refractivity contribution is 7.92. The maximum Gasteiger partial charge on any atom is 0.271 e. The highest BCUT2D eigenvalue weighted by Gasteiger charge is 2.32. The van der Waals surface area contributed by atoms with Gasteiger partial charge in [-0.15, -0.1) is 0 Å². The molecule has 1 amide bonds. The molecule has 1 atom stereocenters. The maximum absolute atomic E-state index is 13.0. The molecule has 0 aliphatic rings. The van der Waals surface area contributed by atoms with Crippen molar-refractivity contribution in [3.8, 4) is 0 Å². The van der Waals surface area contributed by atoms with Gasteiger partial charge in [-0.05, 0) is 56.0 Å². The lowest BCUT2D eigenvalue weighted by molar-refractivity contribution is -0.384. The molecule has 2 aromatic carbocycles. The summed E-state index contributed by atoms with van der Waals surface area (Å²) < 4.78 is 26.3. The Labute approximate surface area is 170 Å². The van der Waals surface area contributed by atoms with Gasteiger partial charge in [-0.25, -0.2) is 8.42 Å². The first kappa shape index (κ1) is 22.4. The predicted molar refractivity (Wildman–Crippen MR) is 114 cm³/mol. The minimum atomic E-state index is -3.77. The topological polar surface area (TPSA) is 110 Å². The predicted octanol–water partition coefficient (Wildman–Crippen LogP) is 3.70. The Kier molecular flexibility index (Phi) is 6.63. The fourth-order valence-corrected chi connectivity index (χ4v) is 4.41. The first-order chi connectivity index (χ1) is 13.4. The van der Waals surface area contributed by atoms with Crippen LogP contribution in [-0.2, 0) is 14.8 Å². The van der Waals surface area contributed by atoms with Gasteiger partial charge < -0.3 is 5.32 Å². The third-order valence-corrected chi connectivity index (χ3v) is 5.66. The van der Waals surface area contributed by atoms with Crippen LogP contribution in [0.3, 0.4) is 0 Å². The number of sulfonamides is 1. The zero-order valence-corrected chi connectivity index (χ0v) is 17.9. The number of benzene rings is 2. The van der Waals surface area contributed by atoms with Gasteiger partial charge in [-0.2, -0.15) is 0 Å². The monoisotopic (exact) mass is 419 g/mol. The van der Waals surface area contributed by atoms with Gasteiger partial charge in [-0.3, -0.25) is 19.2 Å². The number of amides is 1. The molecule has 156 valence electrons. The Hall–Kier alpha value is -2.94. The van der Waals surface area contributed by atoms with Crippen LogP contribution in [0.15, 0.2) is 36.4 Å². The lowest BCUT2D eigenvalue weighted by Gasteiger charge is -2.30. The van der Waals surface area contributed by atoms with Crippen molar-refractivity contribution in [2.75, 3.05) is 15.9 Å². The van der Waals surface area contributed by atoms with Crippen LogP contribution in [0.1, 0.15) is 30.0 Å². The van der Waals surface area contributed by atoms with Gasteiger partial charge >= 0.3 is 0 Å². The van der Waals surface area contributed by atoms with Crippen molar-refractivity contribution in [3.05, 3.63) is 63.2 Å². The third kappa shape index (κ3) is 5.32. The minimum Gasteiger partial charge on any atom is -0.324 e. The minimum absolute atomic E-state index is 0.159. The van der Waals surface area contributed by atoms with Crippen molar-refractivity contribution in [2.45, 2.75) is 40.2 Å². The van der Waals surface area contributed by atoms with Crippen LogP contribution in [0, 0.1) is 30.9 Å². The second-order valence-corrected chi connectivity index (χ2v) is 8.93. The van der Waals surface area contributed by atoms with E-state index in [1.165, 1.54) is 18.2 Å². The second-order valence-electron chi connectivity index (χ2n) is 7.07. The van der Waals surface area contributed by atoms with E-state index in [9.17, 15) is 23.3 Å². The molecule has 0 heterocycles. The summed E-state index contributed by atoms with van der Waals surface area (Å²) in [5.74, 6) is -0.555. The average molecular weight is 420 g/mol. The number of nitrogens with zero attached hydrogens (tertiary/aromatic N) is 2. The van der Waals surface area contributed by atoms with E-state index in [0.29, 0.717) is 11.3 Å². The molecule has 29 heavy (non-hydrogen) atoms. The van der Waals surface area contributed by atoms with E-state index in [2.05, 4.69) is 5.32 Å². The van der Waals surface area contributed by atoms with Crippen LogP contribution in [0.5, 0.6) is 0 Å². The Morgan fingerprint density at radius 3 is 2.21 bits per heavy atom. The van der Waals surface area contributed by atoms with Gasteiger partial charge in [-0.1, -0.05) is 19.1 Å². The molecule has 0 saturated heterocycles. The zero-order valence-electron chi connectivity index (χ0n) is 17.1. The summed E-state index contributed by atoms with van der Waals surface area (Å²) in [6.45, 7) is 7.12. The van der Waals surface area contributed by atoms with Crippen LogP contribution in [0.4, 0.5) is 17.1 Å². The van der Waals surface area contributed by atoms with Gasteiger partial charge in [0.05, 0.1) is 22.6 Å². The Bertz CT molecular complexity index is 1030. The number of nitrogens with one attached hydrogen (secondary N) is 1. The van der Waals surface area contributed by atoms with E-state index in [1.54, 1.807) is 26.0 Å². The van der Waals surface area contributed by atoms with E-state index in [-0.39, 0.29) is 17.8 Å². The molecule has 0 spiro atoms. The Balaban J connectivity index is 2.47. The summed E-state index contributed by atoms with van der Waals surface area (Å²) in [4.78, 5) is 23.5. The fraction of sp³-hybridized carbons (Fsp3) is 0.350. The van der Waals surface area contributed by atoms with Gasteiger partial charge in [0, 0.05) is 12.1 Å². The molecule has 1 unspecified atom stereocenters. The summed E-state index contributed by atoms with van der Waals surface area (Å²) in [5, 5.41) is 13.7. The lowest BCUT2D eigenvalue weighted by Crippen LogP contribution is -2.47. The SMILES string of the molecule is CCC(C(=O)Nc1cc([N+](=O)[O-])ccc1C)N(c1cc(C)cc(C)c1)S(C)(=O)=O. The highest BCUT2D eigenvalue weighted by atomic mass is 32.2. The van der Waals surface area contributed by atoms with Crippen LogP contribution in [0.2, 0.25) is 0 Å².